The van der Waals surface area contributed by atoms with Crippen LogP contribution in [0.15, 0.2) is 170 Å². The number of rotatable bonds is 20. The van der Waals surface area contributed by atoms with Crippen molar-refractivity contribution in [2.45, 2.75) is 25.7 Å². The lowest BCUT2D eigenvalue weighted by Crippen LogP contribution is -2.05. The molecule has 0 unspecified atom stereocenters. The van der Waals surface area contributed by atoms with Crippen LogP contribution in [-0.2, 0) is 25.7 Å². The summed E-state index contributed by atoms with van der Waals surface area (Å²) in [5.41, 5.74) is 7.49. The average molecular weight is 997 g/mol. The van der Waals surface area contributed by atoms with Crippen LogP contribution in [0.1, 0.15) is 85.9 Å². The Morgan fingerprint density at radius 3 is 0.757 bits per heavy atom. The largest absolute Gasteiger partial charge is 0.497 e. The highest BCUT2D eigenvalue weighted by Gasteiger charge is 2.19. The van der Waals surface area contributed by atoms with E-state index in [2.05, 4.69) is 0 Å². The molecule has 0 heterocycles. The molecule has 376 valence electrons. The van der Waals surface area contributed by atoms with Gasteiger partial charge in [0.15, 0.2) is 0 Å². The van der Waals surface area contributed by atoms with Gasteiger partial charge in [0.25, 0.3) is 0 Å². The van der Waals surface area contributed by atoms with Gasteiger partial charge in [-0.25, -0.2) is 19.2 Å². The van der Waals surface area contributed by atoms with Crippen LogP contribution >= 0.6 is 0 Å². The van der Waals surface area contributed by atoms with Crippen molar-refractivity contribution in [1.29, 1.82) is 0 Å². The third-order valence-corrected chi connectivity index (χ3v) is 11.8. The van der Waals surface area contributed by atoms with Crippen molar-refractivity contribution in [1.82, 2.24) is 0 Å². The summed E-state index contributed by atoms with van der Waals surface area (Å²) in [4.78, 5) is 46.9. The Labute approximate surface area is 427 Å². The quantitative estimate of drug-likeness (QED) is 0.0561. The van der Waals surface area contributed by atoms with Gasteiger partial charge in [-0.05, 0) is 167 Å². The minimum Gasteiger partial charge on any atom is -0.497 e. The molecule has 14 heteroatoms. The summed E-state index contributed by atoms with van der Waals surface area (Å²) in [6, 6.07) is 50.3. The van der Waals surface area contributed by atoms with E-state index in [0.717, 1.165) is 56.0 Å². The molecule has 0 fully saturated rings. The van der Waals surface area contributed by atoms with Gasteiger partial charge in [-0.15, -0.1) is 0 Å². The van der Waals surface area contributed by atoms with E-state index in [-0.39, 0.29) is 33.8 Å². The maximum atomic E-state index is 12.0. The predicted molar refractivity (Wildman–Crippen MR) is 277 cm³/mol. The molecule has 0 amide bonds. The highest BCUT2D eigenvalue weighted by molar-refractivity contribution is 5.94. The van der Waals surface area contributed by atoms with Gasteiger partial charge >= 0.3 is 23.9 Å². The fourth-order valence-corrected chi connectivity index (χ4v) is 7.99. The third kappa shape index (κ3) is 13.9. The smallest absolute Gasteiger partial charge is 0.339 e. The van der Waals surface area contributed by atoms with Crippen LogP contribution < -0.4 is 28.4 Å². The lowest BCUT2D eigenvalue weighted by molar-refractivity contribution is 0.0680. The van der Waals surface area contributed by atoms with Gasteiger partial charge in [-0.2, -0.15) is 0 Å². The summed E-state index contributed by atoms with van der Waals surface area (Å²) in [6.45, 7) is 0. The normalized spacial score (nSPS) is 10.5. The number of hydrogen-bond donors (Lipinski definition) is 4. The van der Waals surface area contributed by atoms with Crippen LogP contribution in [0.4, 0.5) is 0 Å². The molecule has 4 N–H and O–H groups in total. The van der Waals surface area contributed by atoms with Gasteiger partial charge in [0.1, 0.15) is 68.2 Å². The van der Waals surface area contributed by atoms with Crippen LogP contribution in [0.2, 0.25) is 0 Å². The lowest BCUT2D eigenvalue weighted by atomic mass is 10.0. The number of carbonyl (C=O) groups is 4. The van der Waals surface area contributed by atoms with E-state index in [1.54, 1.807) is 74.9 Å². The monoisotopic (exact) mass is 996 g/mol. The number of ether oxygens (including phenoxy) is 6. The number of aromatic carboxylic acids is 4. The van der Waals surface area contributed by atoms with Gasteiger partial charge < -0.3 is 48.8 Å². The number of benzene rings is 8. The minimum absolute atomic E-state index is 0.0512. The summed E-state index contributed by atoms with van der Waals surface area (Å²) >= 11 is 0. The summed E-state index contributed by atoms with van der Waals surface area (Å²) in [5.74, 6) is -0.750. The van der Waals surface area contributed by atoms with Gasteiger partial charge in [0.2, 0.25) is 0 Å². The van der Waals surface area contributed by atoms with E-state index in [0.29, 0.717) is 48.7 Å². The molecule has 8 aromatic carbocycles. The second kappa shape index (κ2) is 24.5. The number of carboxylic acid groups (broad SMARTS) is 4. The van der Waals surface area contributed by atoms with E-state index >= 15 is 0 Å². The molecule has 0 aliphatic carbocycles. The predicted octanol–water partition coefficient (Wildman–Crippen LogP) is 12.1. The molecular formula is C60H52O14. The van der Waals surface area contributed by atoms with Crippen molar-refractivity contribution >= 4 is 23.9 Å². The van der Waals surface area contributed by atoms with Gasteiger partial charge in [0, 0.05) is 0 Å². The van der Waals surface area contributed by atoms with Crippen molar-refractivity contribution in [3.05, 3.63) is 237 Å². The molecule has 74 heavy (non-hydrogen) atoms. The highest BCUT2D eigenvalue weighted by Crippen LogP contribution is 2.32. The first-order valence-corrected chi connectivity index (χ1v) is 23.0. The molecule has 0 radical (unpaired) electrons. The molecule has 0 atom stereocenters. The Morgan fingerprint density at radius 1 is 0.284 bits per heavy atom. The molecule has 8 rings (SSSR count). The van der Waals surface area contributed by atoms with E-state index in [9.17, 15) is 39.6 Å². The van der Waals surface area contributed by atoms with Gasteiger partial charge in [-0.1, -0.05) is 72.8 Å². The summed E-state index contributed by atoms with van der Waals surface area (Å²) in [5, 5.41) is 38.4. The topological polar surface area (TPSA) is 205 Å². The Balaban J connectivity index is 0.000000216. The Morgan fingerprint density at radius 2 is 0.514 bits per heavy atom. The third-order valence-electron chi connectivity index (χ3n) is 11.8. The van der Waals surface area contributed by atoms with Crippen molar-refractivity contribution in [2.24, 2.45) is 0 Å². The summed E-state index contributed by atoms with van der Waals surface area (Å²) in [7, 11) is 6.09. The summed E-state index contributed by atoms with van der Waals surface area (Å²) in [6.07, 6.45) is 2.19. The van der Waals surface area contributed by atoms with Crippen LogP contribution in [-0.4, -0.2) is 72.7 Å². The fraction of sp³-hybridized carbons (Fsp3) is 0.133. The molecule has 14 nitrogen and oxygen atoms in total. The Kier molecular flexibility index (Phi) is 17.3. The molecule has 0 aliphatic heterocycles. The first-order chi connectivity index (χ1) is 35.7. The van der Waals surface area contributed by atoms with E-state index < -0.39 is 23.9 Å². The average Bonchev–Trinajstić information content (AvgIpc) is 3.41. The second-order valence-electron chi connectivity index (χ2n) is 16.8. The maximum Gasteiger partial charge on any atom is 0.339 e. The molecule has 0 spiro atoms. The zero-order valence-corrected chi connectivity index (χ0v) is 40.9. The number of methoxy groups -OCH3 is 4. The van der Waals surface area contributed by atoms with E-state index in [4.69, 9.17) is 28.4 Å². The minimum atomic E-state index is -1.17. The maximum absolute atomic E-state index is 12.0. The number of hydrogen-bond acceptors (Lipinski definition) is 10. The molecular weight excluding hydrogens is 945 g/mol. The Hall–Kier alpha value is -9.56. The highest BCUT2D eigenvalue weighted by atomic mass is 16.5. The summed E-state index contributed by atoms with van der Waals surface area (Å²) < 4.78 is 32.4. The van der Waals surface area contributed by atoms with E-state index in [1.165, 1.54) is 14.2 Å². The van der Waals surface area contributed by atoms with Gasteiger partial charge in [-0.3, -0.25) is 0 Å². The van der Waals surface area contributed by atoms with Crippen molar-refractivity contribution in [3.63, 3.8) is 0 Å². The Bertz CT molecular complexity index is 3040. The van der Waals surface area contributed by atoms with Crippen LogP contribution in [0, 0.1) is 0 Å². The molecule has 0 bridgehead atoms. The number of carboxylic acids is 4. The molecule has 0 aliphatic rings. The van der Waals surface area contributed by atoms with Crippen molar-refractivity contribution < 1.29 is 68.0 Å². The zero-order valence-electron chi connectivity index (χ0n) is 40.9. The van der Waals surface area contributed by atoms with Crippen molar-refractivity contribution in [2.75, 3.05) is 28.4 Å². The first kappa shape index (κ1) is 52.3. The van der Waals surface area contributed by atoms with Crippen LogP contribution in [0.3, 0.4) is 0 Å². The zero-order chi connectivity index (χ0) is 52.7. The van der Waals surface area contributed by atoms with Crippen LogP contribution in [0.25, 0.3) is 0 Å². The first-order valence-electron chi connectivity index (χ1n) is 23.0. The lowest BCUT2D eigenvalue weighted by Gasteiger charge is -2.14. The standard InChI is InChI=1S/2C30H26O7/c1-35-27-13-7-21(17-25(27)29(31)32)15-19-3-9-23(10-4-19)37-24-11-5-20(6-12-24)16-22-8-14-28(36-2)26(18-22)30(33)34;1-35-23-9-3-19(4-10-23)15-21-7-13-27(25(17-21)29(31)32)37-28-14-8-22(18-26(28)30(33)34)16-20-5-11-24(36-2)12-6-20/h2*3-14,17-18H,15-16H2,1-2H3,(H,31,32)(H,33,34). The van der Waals surface area contributed by atoms with Crippen molar-refractivity contribution in [3.8, 4) is 46.0 Å². The fourth-order valence-electron chi connectivity index (χ4n) is 7.99. The SMILES string of the molecule is COc1ccc(Cc2ccc(Oc3ccc(Cc4ccc(OC)c(C(=O)O)c4)cc3)cc2)cc1C(=O)O.COc1ccc(Cc2ccc(Oc3ccc(Cc4ccc(OC)cc4)cc3C(=O)O)c(C(=O)O)c2)cc1. The molecule has 8 aromatic rings. The van der Waals surface area contributed by atoms with E-state index in [1.807, 2.05) is 109 Å². The molecule has 0 saturated heterocycles. The molecule has 0 saturated carbocycles. The van der Waals surface area contributed by atoms with Crippen LogP contribution in [0.5, 0.6) is 46.0 Å². The van der Waals surface area contributed by atoms with Gasteiger partial charge in [0.05, 0.1) is 28.4 Å². The second-order valence-corrected chi connectivity index (χ2v) is 16.8. The molecule has 0 aromatic heterocycles.